The number of carbonyl (C=O) groups excluding carboxylic acids is 1. The standard InChI is InChI=1S/C9H7FN4O2/c10-5-1-3-6(4-2-5)12-9(15)7-8(11)14-16-13-7/h1-4H,(H2,11,14)(H,12,15). The van der Waals surface area contributed by atoms with Gasteiger partial charge in [-0.2, -0.15) is 0 Å². The molecule has 1 heterocycles. The van der Waals surface area contributed by atoms with E-state index in [0.29, 0.717) is 5.69 Å². The fourth-order valence-electron chi connectivity index (χ4n) is 1.08. The van der Waals surface area contributed by atoms with Crippen LogP contribution in [0.1, 0.15) is 10.5 Å². The molecule has 0 aliphatic heterocycles. The normalized spacial score (nSPS) is 10.1. The van der Waals surface area contributed by atoms with Gasteiger partial charge in [-0.1, -0.05) is 0 Å². The molecule has 0 unspecified atom stereocenters. The predicted molar refractivity (Wildman–Crippen MR) is 53.1 cm³/mol. The van der Waals surface area contributed by atoms with Gasteiger partial charge in [-0.3, -0.25) is 4.79 Å². The van der Waals surface area contributed by atoms with Gasteiger partial charge in [-0.05, 0) is 34.6 Å². The molecule has 2 rings (SSSR count). The number of amides is 1. The summed E-state index contributed by atoms with van der Waals surface area (Å²) in [6.07, 6.45) is 0. The summed E-state index contributed by atoms with van der Waals surface area (Å²) in [7, 11) is 0. The average Bonchev–Trinajstić information content (AvgIpc) is 2.68. The molecule has 1 amide bonds. The predicted octanol–water partition coefficient (Wildman–Crippen LogP) is 1.04. The molecule has 0 saturated heterocycles. The number of hydrogen-bond acceptors (Lipinski definition) is 5. The summed E-state index contributed by atoms with van der Waals surface area (Å²) in [4.78, 5) is 11.5. The van der Waals surface area contributed by atoms with Crippen molar-refractivity contribution in [3.05, 3.63) is 35.8 Å². The van der Waals surface area contributed by atoms with Crippen molar-refractivity contribution in [2.45, 2.75) is 0 Å². The number of anilines is 2. The SMILES string of the molecule is Nc1nonc1C(=O)Nc1ccc(F)cc1. The second-order valence-electron chi connectivity index (χ2n) is 2.96. The number of nitrogens with two attached hydrogens (primary N) is 1. The third-order valence-electron chi connectivity index (χ3n) is 1.83. The highest BCUT2D eigenvalue weighted by molar-refractivity contribution is 6.05. The van der Waals surface area contributed by atoms with Crippen molar-refractivity contribution in [2.75, 3.05) is 11.1 Å². The van der Waals surface area contributed by atoms with Crippen molar-refractivity contribution in [1.29, 1.82) is 0 Å². The van der Waals surface area contributed by atoms with Crippen molar-refractivity contribution in [1.82, 2.24) is 10.3 Å². The molecule has 0 aliphatic carbocycles. The molecule has 1 aromatic heterocycles. The number of rotatable bonds is 2. The molecule has 1 aromatic carbocycles. The number of benzene rings is 1. The fraction of sp³-hybridized carbons (Fsp3) is 0. The second kappa shape index (κ2) is 3.97. The van der Waals surface area contributed by atoms with Crippen LogP contribution in [0.4, 0.5) is 15.9 Å². The molecular weight excluding hydrogens is 215 g/mol. The molecule has 0 fully saturated rings. The molecule has 82 valence electrons. The minimum atomic E-state index is -0.564. The zero-order valence-corrected chi connectivity index (χ0v) is 7.98. The third kappa shape index (κ3) is 1.97. The highest BCUT2D eigenvalue weighted by Crippen LogP contribution is 2.11. The second-order valence-corrected chi connectivity index (χ2v) is 2.96. The lowest BCUT2D eigenvalue weighted by molar-refractivity contribution is 0.101. The van der Waals surface area contributed by atoms with E-state index in [0.717, 1.165) is 0 Å². The minimum Gasteiger partial charge on any atom is -0.379 e. The molecule has 16 heavy (non-hydrogen) atoms. The van der Waals surface area contributed by atoms with Crippen LogP contribution in [0.25, 0.3) is 0 Å². The van der Waals surface area contributed by atoms with Gasteiger partial charge in [0.1, 0.15) is 5.82 Å². The first-order valence-electron chi connectivity index (χ1n) is 4.32. The van der Waals surface area contributed by atoms with Gasteiger partial charge in [0, 0.05) is 5.69 Å². The summed E-state index contributed by atoms with van der Waals surface area (Å²) in [5.74, 6) is -1.05. The Balaban J connectivity index is 2.14. The minimum absolute atomic E-state index is 0.0976. The maximum Gasteiger partial charge on any atom is 0.281 e. The summed E-state index contributed by atoms with van der Waals surface area (Å²) >= 11 is 0. The zero-order chi connectivity index (χ0) is 11.5. The Morgan fingerprint density at radius 2 is 2.00 bits per heavy atom. The molecule has 2 aromatic rings. The van der Waals surface area contributed by atoms with E-state index in [-0.39, 0.29) is 17.3 Å². The van der Waals surface area contributed by atoms with E-state index in [1.54, 1.807) is 0 Å². The van der Waals surface area contributed by atoms with Crippen LogP contribution in [-0.4, -0.2) is 16.2 Å². The molecule has 0 radical (unpaired) electrons. The van der Waals surface area contributed by atoms with E-state index in [2.05, 4.69) is 20.3 Å². The van der Waals surface area contributed by atoms with Gasteiger partial charge in [0.05, 0.1) is 0 Å². The van der Waals surface area contributed by atoms with Gasteiger partial charge in [0.2, 0.25) is 11.5 Å². The number of halogens is 1. The largest absolute Gasteiger partial charge is 0.379 e. The Bertz CT molecular complexity index is 508. The topological polar surface area (TPSA) is 94.0 Å². The molecule has 7 heteroatoms. The zero-order valence-electron chi connectivity index (χ0n) is 7.98. The van der Waals surface area contributed by atoms with E-state index in [9.17, 15) is 9.18 Å². The van der Waals surface area contributed by atoms with Crippen LogP contribution in [0.3, 0.4) is 0 Å². The summed E-state index contributed by atoms with van der Waals surface area (Å²) in [6, 6.07) is 5.27. The first kappa shape index (κ1) is 10.1. The highest BCUT2D eigenvalue weighted by atomic mass is 19.1. The van der Waals surface area contributed by atoms with Crippen molar-refractivity contribution in [2.24, 2.45) is 0 Å². The van der Waals surface area contributed by atoms with Crippen LogP contribution < -0.4 is 11.1 Å². The van der Waals surface area contributed by atoms with Crippen molar-refractivity contribution in [3.63, 3.8) is 0 Å². The lowest BCUT2D eigenvalue weighted by atomic mass is 10.3. The van der Waals surface area contributed by atoms with Gasteiger partial charge in [-0.15, -0.1) is 0 Å². The number of aromatic nitrogens is 2. The lowest BCUT2D eigenvalue weighted by Gasteiger charge is -2.01. The monoisotopic (exact) mass is 222 g/mol. The first-order valence-corrected chi connectivity index (χ1v) is 4.32. The Morgan fingerprint density at radius 1 is 1.31 bits per heavy atom. The lowest BCUT2D eigenvalue weighted by Crippen LogP contribution is -2.14. The van der Waals surface area contributed by atoms with Gasteiger partial charge in [0.25, 0.3) is 5.91 Å². The summed E-state index contributed by atoms with van der Waals surface area (Å²) in [6.45, 7) is 0. The summed E-state index contributed by atoms with van der Waals surface area (Å²) < 4.78 is 16.9. The van der Waals surface area contributed by atoms with E-state index >= 15 is 0 Å². The number of nitrogen functional groups attached to an aromatic ring is 1. The van der Waals surface area contributed by atoms with Crippen LogP contribution in [0.2, 0.25) is 0 Å². The Labute approximate surface area is 89.2 Å². The molecule has 6 nitrogen and oxygen atoms in total. The summed E-state index contributed by atoms with van der Waals surface area (Å²) in [5, 5.41) is 9.06. The molecular formula is C9H7FN4O2. The number of carbonyl (C=O) groups is 1. The van der Waals surface area contributed by atoms with E-state index in [1.165, 1.54) is 24.3 Å². The van der Waals surface area contributed by atoms with E-state index < -0.39 is 5.91 Å². The van der Waals surface area contributed by atoms with Crippen LogP contribution in [0.15, 0.2) is 28.9 Å². The molecule has 0 aliphatic rings. The maximum absolute atomic E-state index is 12.6. The molecule has 0 spiro atoms. The number of nitrogens with one attached hydrogen (secondary N) is 1. The average molecular weight is 222 g/mol. The van der Waals surface area contributed by atoms with Gasteiger partial charge in [0.15, 0.2) is 0 Å². The van der Waals surface area contributed by atoms with Crippen LogP contribution in [0.5, 0.6) is 0 Å². The number of hydrogen-bond donors (Lipinski definition) is 2. The smallest absolute Gasteiger partial charge is 0.281 e. The molecule has 0 atom stereocenters. The van der Waals surface area contributed by atoms with E-state index in [4.69, 9.17) is 5.73 Å². The number of nitrogens with zero attached hydrogens (tertiary/aromatic N) is 2. The van der Waals surface area contributed by atoms with Crippen molar-refractivity contribution in [3.8, 4) is 0 Å². The Kier molecular flexibility index (Phi) is 2.50. The first-order chi connectivity index (χ1) is 7.66. The molecule has 3 N–H and O–H groups in total. The van der Waals surface area contributed by atoms with Gasteiger partial charge in [-0.25, -0.2) is 9.02 Å². The Morgan fingerprint density at radius 3 is 2.56 bits per heavy atom. The highest BCUT2D eigenvalue weighted by Gasteiger charge is 2.15. The van der Waals surface area contributed by atoms with Crippen molar-refractivity contribution >= 4 is 17.4 Å². The Hall–Kier alpha value is -2.44. The van der Waals surface area contributed by atoms with Crippen molar-refractivity contribution < 1.29 is 13.8 Å². The van der Waals surface area contributed by atoms with E-state index in [1.807, 2.05) is 0 Å². The fourth-order valence-corrected chi connectivity index (χ4v) is 1.08. The summed E-state index contributed by atoms with van der Waals surface area (Å²) in [5.41, 5.74) is 5.65. The van der Waals surface area contributed by atoms with Gasteiger partial charge < -0.3 is 11.1 Å². The van der Waals surface area contributed by atoms with Crippen LogP contribution in [-0.2, 0) is 0 Å². The van der Waals surface area contributed by atoms with Crippen LogP contribution in [0, 0.1) is 5.82 Å². The molecule has 0 saturated carbocycles. The third-order valence-corrected chi connectivity index (χ3v) is 1.83. The maximum atomic E-state index is 12.6. The quantitative estimate of drug-likeness (QED) is 0.791. The van der Waals surface area contributed by atoms with Crippen LogP contribution >= 0.6 is 0 Å². The van der Waals surface area contributed by atoms with Gasteiger partial charge >= 0.3 is 0 Å². The molecule has 0 bridgehead atoms.